The van der Waals surface area contributed by atoms with E-state index in [1.165, 1.54) is 13.2 Å². The Bertz CT molecular complexity index is 528. The fraction of sp³-hybridized carbons (Fsp3) is 0.100. The quantitative estimate of drug-likeness (QED) is 0.922. The second-order valence-electron chi connectivity index (χ2n) is 3.06. The molecule has 0 spiro atoms. The van der Waals surface area contributed by atoms with E-state index in [9.17, 15) is 4.39 Å². The van der Waals surface area contributed by atoms with Crippen molar-refractivity contribution < 1.29 is 13.7 Å². The largest absolute Gasteiger partial charge is 0.495 e. The molecule has 6 heteroatoms. The van der Waals surface area contributed by atoms with Gasteiger partial charge in [-0.25, -0.2) is 4.39 Å². The molecule has 0 aliphatic carbocycles. The van der Waals surface area contributed by atoms with E-state index in [-0.39, 0.29) is 10.4 Å². The zero-order chi connectivity index (χ0) is 11.7. The number of benzene rings is 1. The Kier molecular flexibility index (Phi) is 2.82. The molecule has 1 heterocycles. The number of hydrogen-bond acceptors (Lipinski definition) is 4. The molecule has 16 heavy (non-hydrogen) atoms. The van der Waals surface area contributed by atoms with Crippen LogP contribution in [0.5, 0.6) is 5.75 Å². The summed E-state index contributed by atoms with van der Waals surface area (Å²) < 4.78 is 23.4. The maximum Gasteiger partial charge on any atom is 0.222 e. The molecule has 0 saturated heterocycles. The molecule has 84 valence electrons. The Morgan fingerprint density at radius 1 is 1.50 bits per heavy atom. The summed E-state index contributed by atoms with van der Waals surface area (Å²) in [5.74, 6) is 0.142. The van der Waals surface area contributed by atoms with Crippen LogP contribution >= 0.6 is 15.9 Å². The summed E-state index contributed by atoms with van der Waals surface area (Å²) in [5.41, 5.74) is 6.52. The molecular formula is C10H8BrFN2O2. The summed E-state index contributed by atoms with van der Waals surface area (Å²) in [6, 6.07) is 4.41. The summed E-state index contributed by atoms with van der Waals surface area (Å²) >= 11 is 3.11. The normalized spacial score (nSPS) is 10.4. The number of nitrogens with two attached hydrogens (primary N) is 1. The topological polar surface area (TPSA) is 61.3 Å². The predicted molar refractivity (Wildman–Crippen MR) is 60.6 cm³/mol. The van der Waals surface area contributed by atoms with Gasteiger partial charge in [-0.15, -0.1) is 0 Å². The molecule has 0 aliphatic rings. The van der Waals surface area contributed by atoms with Gasteiger partial charge in [0, 0.05) is 11.6 Å². The van der Waals surface area contributed by atoms with Crippen LogP contribution < -0.4 is 10.5 Å². The molecule has 1 aromatic carbocycles. The highest BCUT2D eigenvalue weighted by Crippen LogP contribution is 2.37. The van der Waals surface area contributed by atoms with Crippen molar-refractivity contribution in [1.82, 2.24) is 5.16 Å². The summed E-state index contributed by atoms with van der Waals surface area (Å²) in [7, 11) is 1.45. The lowest BCUT2D eigenvalue weighted by Crippen LogP contribution is -1.92. The maximum absolute atomic E-state index is 13.3. The maximum atomic E-state index is 13.3. The molecule has 1 aromatic heterocycles. The van der Waals surface area contributed by atoms with Crippen molar-refractivity contribution in [3.05, 3.63) is 28.5 Å². The molecule has 0 radical (unpaired) electrons. The first-order chi connectivity index (χ1) is 7.63. The third-order valence-corrected chi connectivity index (χ3v) is 2.80. The number of ether oxygens (including phenoxy) is 1. The molecule has 0 amide bonds. The van der Waals surface area contributed by atoms with Gasteiger partial charge in [-0.1, -0.05) is 5.16 Å². The smallest absolute Gasteiger partial charge is 0.222 e. The number of hydrogen-bond donors (Lipinski definition) is 1. The van der Waals surface area contributed by atoms with Crippen molar-refractivity contribution in [3.63, 3.8) is 0 Å². The molecule has 0 fully saturated rings. The zero-order valence-corrected chi connectivity index (χ0v) is 9.92. The van der Waals surface area contributed by atoms with Crippen LogP contribution in [0.2, 0.25) is 0 Å². The van der Waals surface area contributed by atoms with Gasteiger partial charge in [0.2, 0.25) is 5.88 Å². The van der Waals surface area contributed by atoms with E-state index in [2.05, 4.69) is 21.1 Å². The van der Waals surface area contributed by atoms with Crippen molar-refractivity contribution in [2.45, 2.75) is 0 Å². The summed E-state index contributed by atoms with van der Waals surface area (Å²) in [6.45, 7) is 0. The van der Waals surface area contributed by atoms with E-state index >= 15 is 0 Å². The second kappa shape index (κ2) is 4.13. The van der Waals surface area contributed by atoms with Gasteiger partial charge in [0.1, 0.15) is 17.3 Å². The van der Waals surface area contributed by atoms with E-state index in [0.717, 1.165) is 0 Å². The lowest BCUT2D eigenvalue weighted by atomic mass is 10.1. The number of rotatable bonds is 2. The summed E-state index contributed by atoms with van der Waals surface area (Å²) in [6.07, 6.45) is 0. The van der Waals surface area contributed by atoms with E-state index in [0.29, 0.717) is 17.0 Å². The first-order valence-electron chi connectivity index (χ1n) is 4.38. The summed E-state index contributed by atoms with van der Waals surface area (Å²) in [5, 5.41) is 3.74. The van der Waals surface area contributed by atoms with Crippen molar-refractivity contribution in [2.75, 3.05) is 12.8 Å². The number of aromatic nitrogens is 1. The van der Waals surface area contributed by atoms with Crippen LogP contribution in [0.25, 0.3) is 11.3 Å². The third kappa shape index (κ3) is 1.76. The molecule has 0 atom stereocenters. The van der Waals surface area contributed by atoms with Gasteiger partial charge in [0.25, 0.3) is 0 Å². The fourth-order valence-electron chi connectivity index (χ4n) is 1.35. The molecule has 4 nitrogen and oxygen atoms in total. The first kappa shape index (κ1) is 10.9. The second-order valence-corrected chi connectivity index (χ2v) is 3.85. The highest BCUT2D eigenvalue weighted by atomic mass is 79.9. The van der Waals surface area contributed by atoms with Gasteiger partial charge < -0.3 is 15.0 Å². The van der Waals surface area contributed by atoms with Gasteiger partial charge >= 0.3 is 0 Å². The van der Waals surface area contributed by atoms with Crippen LogP contribution in [0.3, 0.4) is 0 Å². The van der Waals surface area contributed by atoms with Gasteiger partial charge in [-0.3, -0.25) is 0 Å². The van der Waals surface area contributed by atoms with Crippen molar-refractivity contribution in [2.24, 2.45) is 0 Å². The molecular weight excluding hydrogens is 279 g/mol. The standard InChI is InChI=1S/C10H8BrFN2O2/c1-15-10-5(2-3-6(12)9(10)11)7-4-8(13)16-14-7/h2-4H,13H2,1H3. The van der Waals surface area contributed by atoms with Gasteiger partial charge in [-0.05, 0) is 28.1 Å². The van der Waals surface area contributed by atoms with Crippen molar-refractivity contribution >= 4 is 21.8 Å². The minimum absolute atomic E-state index is 0.192. The van der Waals surface area contributed by atoms with E-state index in [1.807, 2.05) is 0 Å². The number of nitrogens with zero attached hydrogens (tertiary/aromatic N) is 1. The van der Waals surface area contributed by atoms with E-state index in [1.54, 1.807) is 12.1 Å². The highest BCUT2D eigenvalue weighted by molar-refractivity contribution is 9.10. The fourth-order valence-corrected chi connectivity index (χ4v) is 1.86. The number of halogens is 2. The van der Waals surface area contributed by atoms with Crippen LogP contribution in [-0.2, 0) is 0 Å². The Morgan fingerprint density at radius 3 is 2.81 bits per heavy atom. The lowest BCUT2D eigenvalue weighted by Gasteiger charge is -2.08. The van der Waals surface area contributed by atoms with Crippen LogP contribution in [0.15, 0.2) is 27.2 Å². The Labute approximate surface area is 99.3 Å². The molecule has 2 rings (SSSR count). The Morgan fingerprint density at radius 2 is 2.25 bits per heavy atom. The monoisotopic (exact) mass is 286 g/mol. The average molecular weight is 287 g/mol. The van der Waals surface area contributed by atoms with Crippen LogP contribution in [0, 0.1) is 5.82 Å². The van der Waals surface area contributed by atoms with Gasteiger partial charge in [-0.2, -0.15) is 0 Å². The number of methoxy groups -OCH3 is 1. The first-order valence-corrected chi connectivity index (χ1v) is 5.17. The molecule has 2 N–H and O–H groups in total. The SMILES string of the molecule is COc1c(-c2cc(N)on2)ccc(F)c1Br. The lowest BCUT2D eigenvalue weighted by molar-refractivity contribution is 0.407. The van der Waals surface area contributed by atoms with Gasteiger partial charge in [0.05, 0.1) is 11.6 Å². The van der Waals surface area contributed by atoms with Gasteiger partial charge in [0.15, 0.2) is 0 Å². The number of nitrogen functional groups attached to an aromatic ring is 1. The predicted octanol–water partition coefficient (Wildman–Crippen LogP) is 2.83. The molecule has 0 bridgehead atoms. The van der Waals surface area contributed by atoms with Crippen LogP contribution in [0.1, 0.15) is 0 Å². The number of anilines is 1. The molecule has 0 aliphatic heterocycles. The highest BCUT2D eigenvalue weighted by Gasteiger charge is 2.16. The Hall–Kier alpha value is -1.56. The minimum Gasteiger partial charge on any atom is -0.495 e. The minimum atomic E-state index is -0.405. The zero-order valence-electron chi connectivity index (χ0n) is 8.33. The van der Waals surface area contributed by atoms with Crippen molar-refractivity contribution in [1.29, 1.82) is 0 Å². The third-order valence-electron chi connectivity index (χ3n) is 2.06. The van der Waals surface area contributed by atoms with E-state index < -0.39 is 5.82 Å². The molecule has 0 saturated carbocycles. The molecule has 0 unspecified atom stereocenters. The Balaban J connectivity index is 2.61. The van der Waals surface area contributed by atoms with E-state index in [4.69, 9.17) is 15.0 Å². The van der Waals surface area contributed by atoms with Crippen LogP contribution in [-0.4, -0.2) is 12.3 Å². The molecule has 2 aromatic rings. The van der Waals surface area contributed by atoms with Crippen molar-refractivity contribution in [3.8, 4) is 17.0 Å². The summed E-state index contributed by atoms with van der Waals surface area (Å²) in [4.78, 5) is 0. The average Bonchev–Trinajstić information content (AvgIpc) is 2.68. The van der Waals surface area contributed by atoms with Crippen LogP contribution in [0.4, 0.5) is 10.3 Å².